The van der Waals surface area contributed by atoms with Crippen LogP contribution in [0, 0.1) is 0 Å². The van der Waals surface area contributed by atoms with Crippen molar-refractivity contribution in [2.24, 2.45) is 0 Å². The zero-order valence-electron chi connectivity index (χ0n) is 11.3. The van der Waals surface area contributed by atoms with Gasteiger partial charge >= 0.3 is 5.97 Å². The Bertz CT molecular complexity index is 661. The molecule has 0 radical (unpaired) electrons. The lowest BCUT2D eigenvalue weighted by molar-refractivity contribution is -0.133. The van der Waals surface area contributed by atoms with E-state index in [-0.39, 0.29) is 5.75 Å². The maximum absolute atomic E-state index is 10.8. The normalized spacial score (nSPS) is 11.2. The standard InChI is InChI=1S/C13H14Cl2N2O2S2/c1-20-4-2-3-17-11-6-9(15)8(14)5-10(11)16-13(17)21-7-12(18)19/h5-6H,2-4,7H2,1H3,(H,18,19). The van der Waals surface area contributed by atoms with Gasteiger partial charge in [0.1, 0.15) is 0 Å². The summed E-state index contributed by atoms with van der Waals surface area (Å²) in [6, 6.07) is 3.51. The van der Waals surface area contributed by atoms with Gasteiger partial charge in [0, 0.05) is 6.54 Å². The lowest BCUT2D eigenvalue weighted by Crippen LogP contribution is -2.04. The molecule has 1 N–H and O–H groups in total. The van der Waals surface area contributed by atoms with Gasteiger partial charge in [0.15, 0.2) is 5.16 Å². The summed E-state index contributed by atoms with van der Waals surface area (Å²) < 4.78 is 2.02. The van der Waals surface area contributed by atoms with Crippen LogP contribution >= 0.6 is 46.7 Å². The fraction of sp³-hybridized carbons (Fsp3) is 0.385. The van der Waals surface area contributed by atoms with E-state index in [0.717, 1.165) is 29.8 Å². The molecule has 1 heterocycles. The van der Waals surface area contributed by atoms with E-state index >= 15 is 0 Å². The van der Waals surface area contributed by atoms with Gasteiger partial charge < -0.3 is 9.67 Å². The SMILES string of the molecule is CSCCCn1c(SCC(=O)O)nc2cc(Cl)c(Cl)cc21. The monoisotopic (exact) mass is 364 g/mol. The first-order valence-corrected chi connectivity index (χ1v) is 9.35. The third-order valence-electron chi connectivity index (χ3n) is 2.81. The Balaban J connectivity index is 2.39. The van der Waals surface area contributed by atoms with Crippen LogP contribution in [0.1, 0.15) is 6.42 Å². The van der Waals surface area contributed by atoms with Crippen molar-refractivity contribution in [3.8, 4) is 0 Å². The molecule has 0 amide bonds. The number of thioether (sulfide) groups is 2. The quantitative estimate of drug-likeness (QED) is 0.587. The van der Waals surface area contributed by atoms with E-state index in [4.69, 9.17) is 28.3 Å². The molecular weight excluding hydrogens is 351 g/mol. The van der Waals surface area contributed by atoms with Gasteiger partial charge in [0.05, 0.1) is 26.8 Å². The second kappa shape index (κ2) is 7.63. The Morgan fingerprint density at radius 2 is 2.10 bits per heavy atom. The number of halogens is 2. The van der Waals surface area contributed by atoms with E-state index in [1.54, 1.807) is 23.9 Å². The van der Waals surface area contributed by atoms with E-state index in [1.807, 2.05) is 4.57 Å². The summed E-state index contributed by atoms with van der Waals surface area (Å²) in [7, 11) is 0. The van der Waals surface area contributed by atoms with Crippen LogP contribution < -0.4 is 0 Å². The molecule has 0 aliphatic heterocycles. The molecule has 0 aliphatic rings. The molecule has 2 aromatic rings. The number of fused-ring (bicyclic) bond motifs is 1. The van der Waals surface area contributed by atoms with Crippen LogP contribution in [0.15, 0.2) is 17.3 Å². The van der Waals surface area contributed by atoms with Crippen LogP contribution in [0.25, 0.3) is 11.0 Å². The van der Waals surface area contributed by atoms with Crippen molar-refractivity contribution in [3.05, 3.63) is 22.2 Å². The molecule has 0 fully saturated rings. The summed E-state index contributed by atoms with van der Waals surface area (Å²) in [4.78, 5) is 15.2. The number of aromatic nitrogens is 2. The second-order valence-corrected chi connectivity index (χ2v) is 7.07. The maximum atomic E-state index is 10.8. The number of carboxylic acids is 1. The first-order chi connectivity index (χ1) is 10.0. The minimum absolute atomic E-state index is 0.0205. The first kappa shape index (κ1) is 16.8. The Morgan fingerprint density at radius 3 is 2.76 bits per heavy atom. The van der Waals surface area contributed by atoms with Crippen molar-refractivity contribution in [2.75, 3.05) is 17.8 Å². The van der Waals surface area contributed by atoms with Crippen LogP contribution in [-0.2, 0) is 11.3 Å². The third kappa shape index (κ3) is 4.22. The summed E-state index contributed by atoms with van der Waals surface area (Å²) >= 11 is 15.1. The molecule has 0 aliphatic carbocycles. The average Bonchev–Trinajstić information content (AvgIpc) is 2.75. The van der Waals surface area contributed by atoms with Crippen molar-refractivity contribution in [2.45, 2.75) is 18.1 Å². The summed E-state index contributed by atoms with van der Waals surface area (Å²) in [5, 5.41) is 10.5. The number of benzene rings is 1. The molecule has 0 bridgehead atoms. The molecule has 1 aromatic heterocycles. The van der Waals surface area contributed by atoms with E-state index in [1.165, 1.54) is 11.8 Å². The number of aryl methyl sites for hydroxylation is 1. The van der Waals surface area contributed by atoms with E-state index in [9.17, 15) is 4.79 Å². The number of hydrogen-bond acceptors (Lipinski definition) is 4. The van der Waals surface area contributed by atoms with Gasteiger partial charge in [-0.25, -0.2) is 4.98 Å². The summed E-state index contributed by atoms with van der Waals surface area (Å²) in [5.41, 5.74) is 1.62. The largest absolute Gasteiger partial charge is 0.481 e. The lowest BCUT2D eigenvalue weighted by atomic mass is 10.3. The maximum Gasteiger partial charge on any atom is 0.313 e. The number of hydrogen-bond donors (Lipinski definition) is 1. The highest BCUT2D eigenvalue weighted by Crippen LogP contribution is 2.31. The number of nitrogens with zero attached hydrogens (tertiary/aromatic N) is 2. The van der Waals surface area contributed by atoms with Crippen molar-refractivity contribution in [1.29, 1.82) is 0 Å². The van der Waals surface area contributed by atoms with Gasteiger partial charge in [0.2, 0.25) is 0 Å². The van der Waals surface area contributed by atoms with E-state index in [2.05, 4.69) is 11.2 Å². The van der Waals surface area contributed by atoms with Gasteiger partial charge in [-0.05, 0) is 30.6 Å². The Morgan fingerprint density at radius 1 is 1.38 bits per heavy atom. The van der Waals surface area contributed by atoms with Crippen molar-refractivity contribution in [3.63, 3.8) is 0 Å². The highest BCUT2D eigenvalue weighted by atomic mass is 35.5. The van der Waals surface area contributed by atoms with Crippen molar-refractivity contribution < 1.29 is 9.90 Å². The van der Waals surface area contributed by atoms with Crippen LogP contribution in [0.3, 0.4) is 0 Å². The van der Waals surface area contributed by atoms with Gasteiger partial charge in [-0.1, -0.05) is 35.0 Å². The zero-order valence-corrected chi connectivity index (χ0v) is 14.5. The first-order valence-electron chi connectivity index (χ1n) is 6.21. The number of carboxylic acid groups (broad SMARTS) is 1. The fourth-order valence-corrected chi connectivity index (χ4v) is 3.41. The van der Waals surface area contributed by atoms with Gasteiger partial charge in [-0.15, -0.1) is 0 Å². The van der Waals surface area contributed by atoms with Crippen molar-refractivity contribution in [1.82, 2.24) is 9.55 Å². The molecule has 0 saturated heterocycles. The predicted octanol–water partition coefficient (Wildman–Crippen LogP) is 4.27. The van der Waals surface area contributed by atoms with Gasteiger partial charge in [0.25, 0.3) is 0 Å². The summed E-state index contributed by atoms with van der Waals surface area (Å²) in [5.74, 6) is 0.149. The summed E-state index contributed by atoms with van der Waals surface area (Å²) in [6.45, 7) is 0.775. The molecule has 114 valence electrons. The predicted molar refractivity (Wildman–Crippen MR) is 91.1 cm³/mol. The van der Waals surface area contributed by atoms with Crippen LogP contribution in [0.5, 0.6) is 0 Å². The molecule has 21 heavy (non-hydrogen) atoms. The molecule has 1 aromatic carbocycles. The average molecular weight is 365 g/mol. The molecule has 4 nitrogen and oxygen atoms in total. The van der Waals surface area contributed by atoms with E-state index < -0.39 is 5.97 Å². The van der Waals surface area contributed by atoms with Gasteiger partial charge in [-0.3, -0.25) is 4.79 Å². The lowest BCUT2D eigenvalue weighted by Gasteiger charge is -2.08. The van der Waals surface area contributed by atoms with Crippen LogP contribution in [0.2, 0.25) is 10.0 Å². The Hall–Kier alpha value is -0.560. The molecule has 0 spiro atoms. The molecule has 0 atom stereocenters. The van der Waals surface area contributed by atoms with Crippen LogP contribution in [0.4, 0.5) is 0 Å². The molecule has 2 rings (SSSR count). The van der Waals surface area contributed by atoms with Crippen LogP contribution in [-0.4, -0.2) is 38.4 Å². The van der Waals surface area contributed by atoms with Gasteiger partial charge in [-0.2, -0.15) is 11.8 Å². The highest BCUT2D eigenvalue weighted by molar-refractivity contribution is 7.99. The zero-order chi connectivity index (χ0) is 15.4. The minimum atomic E-state index is -0.862. The number of rotatable bonds is 7. The summed E-state index contributed by atoms with van der Waals surface area (Å²) in [6.07, 6.45) is 3.04. The highest BCUT2D eigenvalue weighted by Gasteiger charge is 2.14. The third-order valence-corrected chi connectivity index (χ3v) is 5.19. The smallest absolute Gasteiger partial charge is 0.313 e. The molecule has 0 saturated carbocycles. The molecule has 8 heteroatoms. The Labute approximate surface area is 141 Å². The minimum Gasteiger partial charge on any atom is -0.481 e. The Kier molecular flexibility index (Phi) is 6.10. The number of imidazole rings is 1. The molecule has 0 unspecified atom stereocenters. The second-order valence-electron chi connectivity index (χ2n) is 4.33. The number of carbonyl (C=O) groups is 1. The topological polar surface area (TPSA) is 55.1 Å². The molecular formula is C13H14Cl2N2O2S2. The van der Waals surface area contributed by atoms with E-state index in [0.29, 0.717) is 15.2 Å². The van der Waals surface area contributed by atoms with Crippen molar-refractivity contribution >= 4 is 63.7 Å². The fourth-order valence-electron chi connectivity index (χ4n) is 1.92. The number of aliphatic carboxylic acids is 1.